The predicted octanol–water partition coefficient (Wildman–Crippen LogP) is -0.443. The largest absolute Gasteiger partial charge is 0.351 e. The number of amides is 1. The molecular formula is C7H10N4O. The lowest BCUT2D eigenvalue weighted by molar-refractivity contribution is -0.119. The molecule has 1 unspecified atom stereocenters. The minimum atomic E-state index is 0.139. The van der Waals surface area contributed by atoms with Gasteiger partial charge in [0, 0.05) is 12.5 Å². The molecule has 0 spiro atoms. The van der Waals surface area contributed by atoms with Gasteiger partial charge in [-0.25, -0.2) is 4.98 Å². The summed E-state index contributed by atoms with van der Waals surface area (Å²) in [5, 5.41) is 6.82. The Hall–Kier alpha value is -1.39. The maximum absolute atomic E-state index is 10.8. The monoisotopic (exact) mass is 166 g/mol. The van der Waals surface area contributed by atoms with Gasteiger partial charge in [-0.3, -0.25) is 9.48 Å². The van der Waals surface area contributed by atoms with Crippen molar-refractivity contribution in [1.82, 2.24) is 20.1 Å². The standard InChI is InChI=1S/C7H10N4O/c12-7-2-1-6(10-7)3-11-5-8-4-9-11/h4-6H,1-3H2,(H,10,12). The molecule has 1 aromatic rings. The molecule has 1 N–H and O–H groups in total. The maximum Gasteiger partial charge on any atom is 0.220 e. The smallest absolute Gasteiger partial charge is 0.220 e. The highest BCUT2D eigenvalue weighted by molar-refractivity contribution is 5.78. The Kier molecular flexibility index (Phi) is 1.77. The Labute approximate surface area is 69.8 Å². The number of rotatable bonds is 2. The summed E-state index contributed by atoms with van der Waals surface area (Å²) in [6.45, 7) is 0.728. The first-order valence-corrected chi connectivity index (χ1v) is 3.96. The third-order valence-corrected chi connectivity index (χ3v) is 1.96. The zero-order valence-electron chi connectivity index (χ0n) is 6.60. The van der Waals surface area contributed by atoms with Gasteiger partial charge in [-0.2, -0.15) is 5.10 Å². The topological polar surface area (TPSA) is 59.8 Å². The van der Waals surface area contributed by atoms with Gasteiger partial charge in [-0.1, -0.05) is 0 Å². The summed E-state index contributed by atoms with van der Waals surface area (Å²) < 4.78 is 1.73. The summed E-state index contributed by atoms with van der Waals surface area (Å²) in [6, 6.07) is 0.235. The van der Waals surface area contributed by atoms with Crippen LogP contribution in [0.25, 0.3) is 0 Å². The van der Waals surface area contributed by atoms with Crippen molar-refractivity contribution >= 4 is 5.91 Å². The number of carbonyl (C=O) groups is 1. The molecule has 0 bridgehead atoms. The van der Waals surface area contributed by atoms with E-state index in [0.717, 1.165) is 13.0 Å². The molecule has 1 aromatic heterocycles. The Morgan fingerprint density at radius 2 is 2.67 bits per heavy atom. The lowest BCUT2D eigenvalue weighted by Gasteiger charge is -2.08. The molecule has 0 radical (unpaired) electrons. The minimum Gasteiger partial charge on any atom is -0.351 e. The zero-order valence-corrected chi connectivity index (χ0v) is 6.60. The molecule has 12 heavy (non-hydrogen) atoms. The highest BCUT2D eigenvalue weighted by atomic mass is 16.1. The number of hydrogen-bond donors (Lipinski definition) is 1. The first-order valence-electron chi connectivity index (χ1n) is 3.96. The Balaban J connectivity index is 1.92. The second-order valence-corrected chi connectivity index (χ2v) is 2.92. The molecule has 0 aromatic carbocycles. The average molecular weight is 166 g/mol. The fourth-order valence-electron chi connectivity index (χ4n) is 1.37. The summed E-state index contributed by atoms with van der Waals surface area (Å²) in [7, 11) is 0. The fraction of sp³-hybridized carbons (Fsp3) is 0.571. The second kappa shape index (κ2) is 2.92. The van der Waals surface area contributed by atoms with E-state index >= 15 is 0 Å². The molecule has 5 nitrogen and oxygen atoms in total. The minimum absolute atomic E-state index is 0.139. The number of nitrogens with zero attached hydrogens (tertiary/aromatic N) is 3. The molecule has 1 atom stereocenters. The highest BCUT2D eigenvalue weighted by Crippen LogP contribution is 2.07. The molecule has 2 heterocycles. The van der Waals surface area contributed by atoms with Crippen molar-refractivity contribution < 1.29 is 4.79 Å². The van der Waals surface area contributed by atoms with E-state index in [2.05, 4.69) is 15.4 Å². The van der Waals surface area contributed by atoms with Crippen LogP contribution in [0.2, 0.25) is 0 Å². The van der Waals surface area contributed by atoms with E-state index < -0.39 is 0 Å². The van der Waals surface area contributed by atoms with Gasteiger partial charge < -0.3 is 5.32 Å². The van der Waals surface area contributed by atoms with Crippen molar-refractivity contribution in [3.8, 4) is 0 Å². The highest BCUT2D eigenvalue weighted by Gasteiger charge is 2.20. The molecule has 0 saturated carbocycles. The SMILES string of the molecule is O=C1CCC(Cn2cncn2)N1. The van der Waals surface area contributed by atoms with Gasteiger partial charge >= 0.3 is 0 Å². The molecule has 2 rings (SSSR count). The van der Waals surface area contributed by atoms with Crippen molar-refractivity contribution in [3.05, 3.63) is 12.7 Å². The lowest BCUT2D eigenvalue weighted by atomic mass is 10.2. The van der Waals surface area contributed by atoms with Crippen LogP contribution in [0.3, 0.4) is 0 Å². The molecule has 1 aliphatic heterocycles. The van der Waals surface area contributed by atoms with Crippen LogP contribution in [0.15, 0.2) is 12.7 Å². The van der Waals surface area contributed by atoms with Crippen LogP contribution in [0.5, 0.6) is 0 Å². The molecule has 1 aliphatic rings. The van der Waals surface area contributed by atoms with E-state index in [0.29, 0.717) is 6.42 Å². The Morgan fingerprint density at radius 3 is 3.25 bits per heavy atom. The average Bonchev–Trinajstić information content (AvgIpc) is 2.63. The summed E-state index contributed by atoms with van der Waals surface area (Å²) in [5.74, 6) is 0.139. The predicted molar refractivity (Wildman–Crippen MR) is 41.2 cm³/mol. The van der Waals surface area contributed by atoms with E-state index in [-0.39, 0.29) is 11.9 Å². The molecule has 1 saturated heterocycles. The van der Waals surface area contributed by atoms with Crippen molar-refractivity contribution in [2.24, 2.45) is 0 Å². The van der Waals surface area contributed by atoms with Crippen LogP contribution in [0.1, 0.15) is 12.8 Å². The Bertz CT molecular complexity index is 269. The van der Waals surface area contributed by atoms with Gasteiger partial charge in [0.2, 0.25) is 5.91 Å². The van der Waals surface area contributed by atoms with Gasteiger partial charge in [-0.15, -0.1) is 0 Å². The number of nitrogens with one attached hydrogen (secondary N) is 1. The van der Waals surface area contributed by atoms with E-state index in [1.54, 1.807) is 11.0 Å². The number of aromatic nitrogens is 3. The first-order chi connectivity index (χ1) is 5.84. The molecule has 1 amide bonds. The third-order valence-electron chi connectivity index (χ3n) is 1.96. The number of hydrogen-bond acceptors (Lipinski definition) is 3. The van der Waals surface area contributed by atoms with Crippen LogP contribution >= 0.6 is 0 Å². The molecular weight excluding hydrogens is 156 g/mol. The second-order valence-electron chi connectivity index (χ2n) is 2.92. The van der Waals surface area contributed by atoms with Crippen molar-refractivity contribution in [2.75, 3.05) is 0 Å². The maximum atomic E-state index is 10.8. The summed E-state index contributed by atoms with van der Waals surface area (Å²) in [6.07, 6.45) is 4.69. The molecule has 1 fully saturated rings. The Morgan fingerprint density at radius 1 is 1.75 bits per heavy atom. The zero-order chi connectivity index (χ0) is 8.39. The fourth-order valence-corrected chi connectivity index (χ4v) is 1.37. The van der Waals surface area contributed by atoms with Crippen LogP contribution in [0, 0.1) is 0 Å². The van der Waals surface area contributed by atoms with Gasteiger partial charge in [0.25, 0.3) is 0 Å². The normalized spacial score (nSPS) is 22.7. The van der Waals surface area contributed by atoms with Crippen LogP contribution < -0.4 is 5.32 Å². The van der Waals surface area contributed by atoms with E-state index in [9.17, 15) is 4.79 Å². The van der Waals surface area contributed by atoms with Gasteiger partial charge in [0.15, 0.2) is 0 Å². The van der Waals surface area contributed by atoms with Crippen molar-refractivity contribution in [2.45, 2.75) is 25.4 Å². The van der Waals surface area contributed by atoms with Crippen molar-refractivity contribution in [3.63, 3.8) is 0 Å². The molecule has 64 valence electrons. The third kappa shape index (κ3) is 1.44. The summed E-state index contributed by atoms with van der Waals surface area (Å²) in [5.41, 5.74) is 0. The quantitative estimate of drug-likeness (QED) is 0.647. The van der Waals surface area contributed by atoms with Crippen LogP contribution in [-0.2, 0) is 11.3 Å². The molecule has 5 heteroatoms. The van der Waals surface area contributed by atoms with E-state index in [1.165, 1.54) is 6.33 Å². The van der Waals surface area contributed by atoms with Gasteiger partial charge in [-0.05, 0) is 6.42 Å². The van der Waals surface area contributed by atoms with Crippen molar-refractivity contribution in [1.29, 1.82) is 0 Å². The van der Waals surface area contributed by atoms with E-state index in [4.69, 9.17) is 0 Å². The van der Waals surface area contributed by atoms with Crippen LogP contribution in [-0.4, -0.2) is 26.7 Å². The summed E-state index contributed by atoms with van der Waals surface area (Å²) in [4.78, 5) is 14.6. The van der Waals surface area contributed by atoms with Crippen LogP contribution in [0.4, 0.5) is 0 Å². The van der Waals surface area contributed by atoms with Gasteiger partial charge in [0.05, 0.1) is 6.54 Å². The lowest BCUT2D eigenvalue weighted by Crippen LogP contribution is -2.29. The molecule has 0 aliphatic carbocycles. The van der Waals surface area contributed by atoms with Gasteiger partial charge in [0.1, 0.15) is 12.7 Å². The summed E-state index contributed by atoms with van der Waals surface area (Å²) >= 11 is 0. The van der Waals surface area contributed by atoms with E-state index in [1.807, 2.05) is 0 Å². The first kappa shape index (κ1) is 7.27. The number of carbonyl (C=O) groups excluding carboxylic acids is 1.